The molecule has 0 aromatic heterocycles. The van der Waals surface area contributed by atoms with Crippen molar-refractivity contribution in [2.24, 2.45) is 0 Å². The van der Waals surface area contributed by atoms with Crippen LogP contribution in [0.5, 0.6) is 0 Å². The normalized spacial score (nSPS) is 14.3. The molecule has 1 unspecified atom stereocenters. The molecule has 4 rings (SSSR count). The van der Waals surface area contributed by atoms with Crippen LogP contribution in [-0.4, -0.2) is 23.8 Å². The van der Waals surface area contributed by atoms with E-state index in [2.05, 4.69) is 33.4 Å². The Morgan fingerprint density at radius 3 is 2.17 bits per heavy atom. The van der Waals surface area contributed by atoms with Crippen molar-refractivity contribution < 1.29 is 19.4 Å². The number of ether oxygens (including phenoxy) is 1. The molecule has 2 N–H and O–H groups in total. The van der Waals surface area contributed by atoms with E-state index in [4.69, 9.17) is 4.74 Å². The summed E-state index contributed by atoms with van der Waals surface area (Å²) in [6, 6.07) is 22.9. The van der Waals surface area contributed by atoms with E-state index in [9.17, 15) is 14.7 Å². The first-order valence-electron chi connectivity index (χ1n) is 9.53. The van der Waals surface area contributed by atoms with E-state index in [-0.39, 0.29) is 12.5 Å². The molecule has 0 radical (unpaired) electrons. The quantitative estimate of drug-likeness (QED) is 0.536. The number of amides is 1. The summed E-state index contributed by atoms with van der Waals surface area (Å²) in [5.41, 5.74) is 3.28. The average Bonchev–Trinajstić information content (AvgIpc) is 3.06. The fourth-order valence-electron chi connectivity index (χ4n) is 3.89. The number of rotatable bonds is 5. The van der Waals surface area contributed by atoms with Crippen molar-refractivity contribution in [2.45, 2.75) is 18.4 Å². The van der Waals surface area contributed by atoms with E-state index in [0.29, 0.717) is 5.56 Å². The average molecular weight is 466 g/mol. The van der Waals surface area contributed by atoms with Gasteiger partial charge in [0.25, 0.3) is 0 Å². The van der Waals surface area contributed by atoms with E-state index >= 15 is 0 Å². The number of carboxylic acid groups (broad SMARTS) is 1. The van der Waals surface area contributed by atoms with Crippen LogP contribution in [0.15, 0.2) is 77.3 Å². The molecule has 0 fully saturated rings. The van der Waals surface area contributed by atoms with Crippen molar-refractivity contribution in [2.75, 3.05) is 6.61 Å². The minimum Gasteiger partial charge on any atom is -0.479 e. The zero-order valence-corrected chi connectivity index (χ0v) is 17.8. The Hall–Kier alpha value is -3.12. The molecule has 3 aromatic rings. The number of aliphatic carboxylic acids is 1. The highest BCUT2D eigenvalue weighted by molar-refractivity contribution is 9.10. The monoisotopic (exact) mass is 465 g/mol. The van der Waals surface area contributed by atoms with Crippen LogP contribution in [0.3, 0.4) is 0 Å². The highest BCUT2D eigenvalue weighted by Gasteiger charge is 2.38. The molecule has 0 heterocycles. The summed E-state index contributed by atoms with van der Waals surface area (Å²) in [6.45, 7) is 1.56. The van der Waals surface area contributed by atoms with E-state index in [1.807, 2.05) is 36.4 Å². The molecule has 0 bridgehead atoms. The summed E-state index contributed by atoms with van der Waals surface area (Å²) in [6.07, 6.45) is -0.776. The molecular formula is C24H20BrNO4. The number of halogens is 1. The van der Waals surface area contributed by atoms with E-state index in [1.165, 1.54) is 6.92 Å². The minimum atomic E-state index is -1.62. The lowest BCUT2D eigenvalue weighted by Gasteiger charge is -2.27. The summed E-state index contributed by atoms with van der Waals surface area (Å²) in [5.74, 6) is -1.26. The van der Waals surface area contributed by atoms with Gasteiger partial charge in [0.1, 0.15) is 6.61 Å². The lowest BCUT2D eigenvalue weighted by molar-refractivity contribution is -0.144. The fourth-order valence-corrected chi connectivity index (χ4v) is 4.29. The fraction of sp³-hybridized carbons (Fsp3) is 0.167. The van der Waals surface area contributed by atoms with Crippen LogP contribution in [0.4, 0.5) is 4.79 Å². The van der Waals surface area contributed by atoms with Gasteiger partial charge in [-0.2, -0.15) is 0 Å². The molecule has 1 aliphatic carbocycles. The summed E-state index contributed by atoms with van der Waals surface area (Å²) in [4.78, 5) is 24.6. The summed E-state index contributed by atoms with van der Waals surface area (Å²) >= 11 is 3.34. The van der Waals surface area contributed by atoms with Crippen molar-refractivity contribution in [3.05, 3.63) is 94.0 Å². The second kappa shape index (κ2) is 7.95. The third-order valence-corrected chi connectivity index (χ3v) is 6.02. The van der Waals surface area contributed by atoms with Gasteiger partial charge in [-0.1, -0.05) is 76.6 Å². The first-order valence-corrected chi connectivity index (χ1v) is 10.3. The molecule has 1 amide bonds. The number of benzene rings is 3. The highest BCUT2D eigenvalue weighted by Crippen LogP contribution is 2.44. The van der Waals surface area contributed by atoms with E-state index < -0.39 is 17.6 Å². The standard InChI is InChI=1S/C24H20BrNO4/c1-24(22(27)28,15-7-6-8-16(25)13-15)26-23(29)30-14-21-19-11-4-2-9-17(19)18-10-3-5-12-20(18)21/h2-13,21H,14H2,1H3,(H,26,29)(H,27,28). The number of carbonyl (C=O) groups excluding carboxylic acids is 1. The Bertz CT molecular complexity index is 1080. The van der Waals surface area contributed by atoms with Crippen molar-refractivity contribution in [1.82, 2.24) is 5.32 Å². The van der Waals surface area contributed by atoms with E-state index in [0.717, 1.165) is 26.7 Å². The van der Waals surface area contributed by atoms with Gasteiger partial charge in [-0.05, 0) is 46.9 Å². The molecule has 30 heavy (non-hydrogen) atoms. The number of carbonyl (C=O) groups is 2. The third kappa shape index (κ3) is 3.59. The number of hydrogen-bond donors (Lipinski definition) is 2. The molecule has 152 valence electrons. The van der Waals surface area contributed by atoms with Crippen LogP contribution in [0, 0.1) is 0 Å². The molecule has 3 aromatic carbocycles. The Labute approximate surface area is 182 Å². The molecule has 0 saturated carbocycles. The van der Waals surface area contributed by atoms with Crippen LogP contribution in [0.1, 0.15) is 29.5 Å². The lowest BCUT2D eigenvalue weighted by Crippen LogP contribution is -2.49. The minimum absolute atomic E-state index is 0.0925. The number of alkyl carbamates (subject to hydrolysis) is 1. The number of fused-ring (bicyclic) bond motifs is 3. The lowest BCUT2D eigenvalue weighted by atomic mass is 9.92. The van der Waals surface area contributed by atoms with Crippen LogP contribution in [0.2, 0.25) is 0 Å². The van der Waals surface area contributed by atoms with Crippen molar-refractivity contribution in [3.63, 3.8) is 0 Å². The molecule has 5 nitrogen and oxygen atoms in total. The Morgan fingerprint density at radius 1 is 1.00 bits per heavy atom. The van der Waals surface area contributed by atoms with Crippen LogP contribution in [0.25, 0.3) is 11.1 Å². The van der Waals surface area contributed by atoms with Gasteiger partial charge in [0.15, 0.2) is 5.54 Å². The predicted molar refractivity (Wildman–Crippen MR) is 117 cm³/mol. The van der Waals surface area contributed by atoms with Crippen molar-refractivity contribution in [1.29, 1.82) is 0 Å². The van der Waals surface area contributed by atoms with Gasteiger partial charge >= 0.3 is 12.1 Å². The third-order valence-electron chi connectivity index (χ3n) is 5.53. The van der Waals surface area contributed by atoms with Gasteiger partial charge in [0.05, 0.1) is 0 Å². The van der Waals surface area contributed by atoms with Gasteiger partial charge in [-0.3, -0.25) is 0 Å². The molecule has 1 atom stereocenters. The largest absolute Gasteiger partial charge is 0.479 e. The zero-order chi connectivity index (χ0) is 21.3. The Kier molecular flexibility index (Phi) is 5.35. The predicted octanol–water partition coefficient (Wildman–Crippen LogP) is 5.29. The summed E-state index contributed by atoms with van der Waals surface area (Å²) in [7, 11) is 0. The van der Waals surface area contributed by atoms with E-state index in [1.54, 1.807) is 24.3 Å². The van der Waals surface area contributed by atoms with Gasteiger partial charge in [-0.25, -0.2) is 9.59 Å². The van der Waals surface area contributed by atoms with Crippen molar-refractivity contribution in [3.8, 4) is 11.1 Å². The van der Waals surface area contributed by atoms with Gasteiger partial charge < -0.3 is 15.2 Å². The Balaban J connectivity index is 1.53. The topological polar surface area (TPSA) is 75.6 Å². The molecule has 0 spiro atoms. The molecule has 0 aliphatic heterocycles. The smallest absolute Gasteiger partial charge is 0.408 e. The van der Waals surface area contributed by atoms with Crippen LogP contribution < -0.4 is 5.32 Å². The molecular weight excluding hydrogens is 446 g/mol. The number of nitrogens with one attached hydrogen (secondary N) is 1. The van der Waals surface area contributed by atoms with Crippen LogP contribution >= 0.6 is 15.9 Å². The molecule has 6 heteroatoms. The number of carboxylic acids is 1. The summed E-state index contributed by atoms with van der Waals surface area (Å²) < 4.78 is 6.24. The second-order valence-corrected chi connectivity index (χ2v) is 8.31. The zero-order valence-electron chi connectivity index (χ0n) is 16.3. The molecule has 1 aliphatic rings. The second-order valence-electron chi connectivity index (χ2n) is 7.39. The Morgan fingerprint density at radius 2 is 1.60 bits per heavy atom. The number of hydrogen-bond acceptors (Lipinski definition) is 3. The van der Waals surface area contributed by atoms with Crippen LogP contribution in [-0.2, 0) is 15.1 Å². The first-order chi connectivity index (χ1) is 14.4. The summed E-state index contributed by atoms with van der Waals surface area (Å²) in [5, 5.41) is 12.3. The molecule has 0 saturated heterocycles. The maximum atomic E-state index is 12.6. The highest BCUT2D eigenvalue weighted by atomic mass is 79.9. The SMILES string of the molecule is CC(NC(=O)OCC1c2ccccc2-c2ccccc21)(C(=O)O)c1cccc(Br)c1. The van der Waals surface area contributed by atoms with Crippen molar-refractivity contribution >= 4 is 28.0 Å². The maximum absolute atomic E-state index is 12.6. The van der Waals surface area contributed by atoms with Gasteiger partial charge in [0, 0.05) is 10.4 Å². The maximum Gasteiger partial charge on any atom is 0.408 e. The first kappa shape index (κ1) is 20.2. The van der Waals surface area contributed by atoms with Gasteiger partial charge in [0.2, 0.25) is 0 Å². The van der Waals surface area contributed by atoms with Gasteiger partial charge in [-0.15, -0.1) is 0 Å².